The van der Waals surface area contributed by atoms with Gasteiger partial charge in [0.05, 0.1) is 0 Å². The summed E-state index contributed by atoms with van der Waals surface area (Å²) < 4.78 is 0. The zero-order valence-electron chi connectivity index (χ0n) is 18.2. The van der Waals surface area contributed by atoms with Gasteiger partial charge in [-0.2, -0.15) is 0 Å². The van der Waals surface area contributed by atoms with Gasteiger partial charge in [-0.15, -0.1) is 0 Å². The third kappa shape index (κ3) is 5.37. The maximum atomic E-state index is 4.71. The van der Waals surface area contributed by atoms with Crippen molar-refractivity contribution in [2.24, 2.45) is 10.4 Å². The summed E-state index contributed by atoms with van der Waals surface area (Å²) in [4.78, 5) is 16.4. The number of rotatable bonds is 5. The third-order valence-corrected chi connectivity index (χ3v) is 6.23. The van der Waals surface area contributed by atoms with E-state index in [1.54, 1.807) is 0 Å². The number of pyridine rings is 1. The molecule has 3 heterocycles. The van der Waals surface area contributed by atoms with Crippen molar-refractivity contribution in [3.05, 3.63) is 23.9 Å². The molecule has 2 saturated heterocycles. The molecule has 6 heteroatoms. The standard InChI is InChI=1S/C22H38N6/c1-5-9-22(2)10-6-11-28(18-22)21(23-3)25-17-19-7-8-20(24-16-19)27-14-12-26(4)13-15-27/h7-8,16H,5-6,9-15,17-18H2,1-4H3,(H,23,25). The first kappa shape index (κ1) is 20.9. The summed E-state index contributed by atoms with van der Waals surface area (Å²) in [7, 11) is 4.07. The molecule has 0 saturated carbocycles. The van der Waals surface area contributed by atoms with Gasteiger partial charge < -0.3 is 20.0 Å². The van der Waals surface area contributed by atoms with Crippen molar-refractivity contribution in [3.63, 3.8) is 0 Å². The molecule has 6 nitrogen and oxygen atoms in total. The first-order chi connectivity index (χ1) is 13.5. The molecule has 1 aromatic rings. The minimum atomic E-state index is 0.413. The molecule has 28 heavy (non-hydrogen) atoms. The van der Waals surface area contributed by atoms with E-state index in [9.17, 15) is 0 Å². The summed E-state index contributed by atoms with van der Waals surface area (Å²) in [5.74, 6) is 2.11. The number of guanidine groups is 1. The maximum absolute atomic E-state index is 4.71. The fourth-order valence-corrected chi connectivity index (χ4v) is 4.56. The fraction of sp³-hybridized carbons (Fsp3) is 0.727. The molecule has 3 rings (SSSR count). The van der Waals surface area contributed by atoms with E-state index in [2.05, 4.69) is 58.0 Å². The molecule has 0 amide bonds. The average Bonchev–Trinajstić information content (AvgIpc) is 2.70. The van der Waals surface area contributed by atoms with Crippen molar-refractivity contribution in [1.82, 2.24) is 20.1 Å². The van der Waals surface area contributed by atoms with Crippen LogP contribution in [0.4, 0.5) is 5.82 Å². The summed E-state index contributed by atoms with van der Waals surface area (Å²) in [6.07, 6.45) is 7.12. The molecule has 156 valence electrons. The van der Waals surface area contributed by atoms with E-state index < -0.39 is 0 Å². The highest BCUT2D eigenvalue weighted by Gasteiger charge is 2.31. The van der Waals surface area contributed by atoms with Gasteiger partial charge in [-0.3, -0.25) is 4.99 Å². The Morgan fingerprint density at radius 1 is 1.21 bits per heavy atom. The first-order valence-corrected chi connectivity index (χ1v) is 10.9. The van der Waals surface area contributed by atoms with Gasteiger partial charge in [0.15, 0.2) is 5.96 Å². The Labute approximate surface area is 171 Å². The molecular formula is C22H38N6. The maximum Gasteiger partial charge on any atom is 0.193 e. The number of likely N-dealkylation sites (tertiary alicyclic amines) is 1. The van der Waals surface area contributed by atoms with Crippen LogP contribution in [0.2, 0.25) is 0 Å². The second-order valence-corrected chi connectivity index (χ2v) is 8.80. The molecule has 0 spiro atoms. The molecule has 0 radical (unpaired) electrons. The molecule has 0 bridgehead atoms. The van der Waals surface area contributed by atoms with Crippen LogP contribution in [0.15, 0.2) is 23.3 Å². The minimum absolute atomic E-state index is 0.413. The van der Waals surface area contributed by atoms with Crippen LogP contribution in [0, 0.1) is 5.41 Å². The molecule has 0 aliphatic carbocycles. The molecule has 1 atom stereocenters. The van der Waals surface area contributed by atoms with Gasteiger partial charge in [0, 0.05) is 59.1 Å². The van der Waals surface area contributed by atoms with E-state index in [1.165, 1.54) is 31.2 Å². The quantitative estimate of drug-likeness (QED) is 0.623. The SMILES string of the molecule is CCCC1(C)CCCN(C(=NC)NCc2ccc(N3CCN(C)CC3)nc2)C1. The second kappa shape index (κ2) is 9.59. The fourth-order valence-electron chi connectivity index (χ4n) is 4.56. The van der Waals surface area contributed by atoms with Crippen molar-refractivity contribution in [3.8, 4) is 0 Å². The predicted octanol–water partition coefficient (Wildman–Crippen LogP) is 2.81. The Bertz CT molecular complexity index is 631. The molecule has 1 N–H and O–H groups in total. The normalized spacial score (nSPS) is 24.5. The van der Waals surface area contributed by atoms with E-state index in [0.29, 0.717) is 5.41 Å². The lowest BCUT2D eigenvalue weighted by Crippen LogP contribution is -2.49. The number of piperazine rings is 1. The van der Waals surface area contributed by atoms with E-state index in [4.69, 9.17) is 4.98 Å². The summed E-state index contributed by atoms with van der Waals surface area (Å²) in [5, 5.41) is 3.56. The van der Waals surface area contributed by atoms with E-state index in [0.717, 1.165) is 57.6 Å². The highest BCUT2D eigenvalue weighted by Crippen LogP contribution is 2.33. The molecule has 0 aromatic carbocycles. The Morgan fingerprint density at radius 2 is 2.00 bits per heavy atom. The van der Waals surface area contributed by atoms with Crippen LogP contribution in [0.25, 0.3) is 0 Å². The molecule has 2 aliphatic rings. The van der Waals surface area contributed by atoms with Crippen molar-refractivity contribution in [1.29, 1.82) is 0 Å². The van der Waals surface area contributed by atoms with E-state index >= 15 is 0 Å². The monoisotopic (exact) mass is 386 g/mol. The van der Waals surface area contributed by atoms with Gasteiger partial charge in [-0.1, -0.05) is 26.3 Å². The predicted molar refractivity (Wildman–Crippen MR) is 118 cm³/mol. The van der Waals surface area contributed by atoms with Gasteiger partial charge in [0.2, 0.25) is 0 Å². The molecule has 1 unspecified atom stereocenters. The largest absolute Gasteiger partial charge is 0.354 e. The third-order valence-electron chi connectivity index (χ3n) is 6.23. The minimum Gasteiger partial charge on any atom is -0.354 e. The Hall–Kier alpha value is -1.82. The first-order valence-electron chi connectivity index (χ1n) is 10.9. The van der Waals surface area contributed by atoms with Gasteiger partial charge >= 0.3 is 0 Å². The molecule has 2 aliphatic heterocycles. The molecule has 2 fully saturated rings. The van der Waals surface area contributed by atoms with Crippen LogP contribution in [0.1, 0.15) is 45.1 Å². The Kier molecular flexibility index (Phi) is 7.16. The van der Waals surface area contributed by atoms with Crippen LogP contribution in [0.5, 0.6) is 0 Å². The summed E-state index contributed by atoms with van der Waals surface area (Å²) >= 11 is 0. The van der Waals surface area contributed by atoms with Crippen LogP contribution in [-0.2, 0) is 6.54 Å². The number of nitrogens with one attached hydrogen (secondary N) is 1. The van der Waals surface area contributed by atoms with Gasteiger partial charge in [0.1, 0.15) is 5.82 Å². The van der Waals surface area contributed by atoms with E-state index in [-0.39, 0.29) is 0 Å². The number of piperidine rings is 1. The number of aromatic nitrogens is 1. The summed E-state index contributed by atoms with van der Waals surface area (Å²) in [6.45, 7) is 12.0. The lowest BCUT2D eigenvalue weighted by atomic mass is 9.78. The zero-order valence-corrected chi connectivity index (χ0v) is 18.2. The Morgan fingerprint density at radius 3 is 2.64 bits per heavy atom. The lowest BCUT2D eigenvalue weighted by Gasteiger charge is -2.42. The smallest absolute Gasteiger partial charge is 0.193 e. The number of anilines is 1. The lowest BCUT2D eigenvalue weighted by molar-refractivity contribution is 0.142. The average molecular weight is 387 g/mol. The summed E-state index contributed by atoms with van der Waals surface area (Å²) in [6, 6.07) is 4.35. The van der Waals surface area contributed by atoms with Gasteiger partial charge in [-0.05, 0) is 43.4 Å². The number of likely N-dealkylation sites (N-methyl/N-ethyl adjacent to an activating group) is 1. The van der Waals surface area contributed by atoms with Gasteiger partial charge in [-0.25, -0.2) is 4.98 Å². The molecule has 1 aromatic heterocycles. The van der Waals surface area contributed by atoms with Crippen LogP contribution in [0.3, 0.4) is 0 Å². The van der Waals surface area contributed by atoms with Crippen molar-refractivity contribution >= 4 is 11.8 Å². The number of nitrogens with zero attached hydrogens (tertiary/aromatic N) is 5. The van der Waals surface area contributed by atoms with Crippen LogP contribution >= 0.6 is 0 Å². The highest BCUT2D eigenvalue weighted by molar-refractivity contribution is 5.80. The number of hydrogen-bond donors (Lipinski definition) is 1. The number of hydrogen-bond acceptors (Lipinski definition) is 4. The second-order valence-electron chi connectivity index (χ2n) is 8.80. The van der Waals surface area contributed by atoms with Crippen molar-refractivity contribution in [2.45, 2.75) is 46.1 Å². The number of aliphatic imine (C=N–C) groups is 1. The van der Waals surface area contributed by atoms with Crippen LogP contribution in [-0.4, -0.2) is 74.1 Å². The zero-order chi connectivity index (χ0) is 20.0. The molecular weight excluding hydrogens is 348 g/mol. The van der Waals surface area contributed by atoms with Crippen LogP contribution < -0.4 is 10.2 Å². The topological polar surface area (TPSA) is 47.0 Å². The Balaban J connectivity index is 1.53. The summed E-state index contributed by atoms with van der Waals surface area (Å²) in [5.41, 5.74) is 1.61. The van der Waals surface area contributed by atoms with E-state index in [1.807, 2.05) is 13.2 Å². The van der Waals surface area contributed by atoms with Gasteiger partial charge in [0.25, 0.3) is 0 Å². The highest BCUT2D eigenvalue weighted by atomic mass is 15.3. The van der Waals surface area contributed by atoms with Crippen molar-refractivity contribution in [2.75, 3.05) is 58.3 Å². The van der Waals surface area contributed by atoms with Crippen molar-refractivity contribution < 1.29 is 0 Å².